The zero-order valence-electron chi connectivity index (χ0n) is 14.4. The zero-order chi connectivity index (χ0) is 15.7. The van der Waals surface area contributed by atoms with Crippen LogP contribution in [-0.4, -0.2) is 0 Å². The maximum atomic E-state index is 6.13. The number of rotatable bonds is 1. The van der Waals surface area contributed by atoms with Gasteiger partial charge in [0.05, 0.1) is 0 Å². The van der Waals surface area contributed by atoms with Crippen molar-refractivity contribution >= 4 is 6.08 Å². The molecule has 0 unspecified atom stereocenters. The Balaban J connectivity index is 1.72. The number of allylic oxidation sites excluding steroid dienone is 2. The van der Waals surface area contributed by atoms with Gasteiger partial charge in [0.25, 0.3) is 0 Å². The van der Waals surface area contributed by atoms with Gasteiger partial charge in [-0.05, 0) is 73.6 Å². The molecule has 2 aliphatic rings. The first kappa shape index (κ1) is 15.4. The molecule has 0 bridgehead atoms. The van der Waals surface area contributed by atoms with Gasteiger partial charge in [-0.15, -0.1) is 0 Å². The van der Waals surface area contributed by atoms with E-state index in [1.165, 1.54) is 36.8 Å². The Labute approximate surface area is 135 Å². The minimum Gasteiger partial charge on any atom is -0.457 e. The van der Waals surface area contributed by atoms with Crippen molar-refractivity contribution in [2.24, 2.45) is 17.3 Å². The fourth-order valence-electron chi connectivity index (χ4n) is 3.83. The van der Waals surface area contributed by atoms with Crippen LogP contribution >= 0.6 is 0 Å². The summed E-state index contributed by atoms with van der Waals surface area (Å²) in [6.07, 6.45) is 9.62. The molecule has 0 spiro atoms. The summed E-state index contributed by atoms with van der Waals surface area (Å²) < 4.78 is 6.13. The highest BCUT2D eigenvalue weighted by atomic mass is 16.5. The monoisotopic (exact) mass is 296 g/mol. The molecule has 1 aliphatic carbocycles. The van der Waals surface area contributed by atoms with Gasteiger partial charge in [-0.3, -0.25) is 0 Å². The second kappa shape index (κ2) is 5.95. The lowest BCUT2D eigenvalue weighted by molar-refractivity contribution is 0.158. The predicted octanol–water partition coefficient (Wildman–Crippen LogP) is 6.22. The van der Waals surface area contributed by atoms with Crippen LogP contribution < -0.4 is 4.74 Å². The molecule has 1 aromatic carbocycles. The minimum absolute atomic E-state index is 0.451. The molecule has 0 radical (unpaired) electrons. The van der Waals surface area contributed by atoms with E-state index in [-0.39, 0.29) is 0 Å². The lowest BCUT2D eigenvalue weighted by Crippen LogP contribution is -2.26. The van der Waals surface area contributed by atoms with E-state index in [0.717, 1.165) is 17.4 Å². The first-order chi connectivity index (χ1) is 10.4. The Morgan fingerprint density at radius 2 is 1.68 bits per heavy atom. The van der Waals surface area contributed by atoms with E-state index >= 15 is 0 Å². The molecule has 0 atom stereocenters. The Hall–Kier alpha value is -1.50. The summed E-state index contributed by atoms with van der Waals surface area (Å²) in [7, 11) is 0. The van der Waals surface area contributed by atoms with Gasteiger partial charge in [-0.1, -0.05) is 39.0 Å². The van der Waals surface area contributed by atoms with Crippen molar-refractivity contribution in [2.75, 3.05) is 0 Å². The highest BCUT2D eigenvalue weighted by Gasteiger charge is 2.31. The van der Waals surface area contributed by atoms with Crippen molar-refractivity contribution in [2.45, 2.75) is 53.4 Å². The molecule has 1 nitrogen and oxygen atoms in total. The van der Waals surface area contributed by atoms with Crippen LogP contribution in [0.4, 0.5) is 0 Å². The topological polar surface area (TPSA) is 9.23 Å². The van der Waals surface area contributed by atoms with Gasteiger partial charge in [0.2, 0.25) is 0 Å². The predicted molar refractivity (Wildman–Crippen MR) is 93.7 cm³/mol. The maximum absolute atomic E-state index is 6.13. The molecule has 3 rings (SSSR count). The molecule has 1 fully saturated rings. The van der Waals surface area contributed by atoms with Gasteiger partial charge in [0, 0.05) is 5.56 Å². The van der Waals surface area contributed by atoms with Crippen LogP contribution in [0.3, 0.4) is 0 Å². The highest BCUT2D eigenvalue weighted by Crippen LogP contribution is 2.42. The third kappa shape index (κ3) is 3.14. The fourth-order valence-corrected chi connectivity index (χ4v) is 3.83. The standard InChI is InChI=1S/C21H28O/c1-15(16-9-12-18(13-10-16)21(2,3)4)19-14-11-17-7-5-6-8-20(17)22-19/h5-8,11,14,16,18H,9-10,12-13H2,1-4H3. The van der Waals surface area contributed by atoms with Crippen LogP contribution in [0.5, 0.6) is 5.75 Å². The van der Waals surface area contributed by atoms with Crippen LogP contribution in [0.2, 0.25) is 0 Å². The van der Waals surface area contributed by atoms with Gasteiger partial charge < -0.3 is 4.74 Å². The van der Waals surface area contributed by atoms with Gasteiger partial charge >= 0.3 is 0 Å². The first-order valence-electron chi connectivity index (χ1n) is 8.61. The second-order valence-electron chi connectivity index (χ2n) is 7.94. The molecule has 1 aromatic rings. The lowest BCUT2D eigenvalue weighted by Gasteiger charge is -2.37. The Morgan fingerprint density at radius 3 is 2.36 bits per heavy atom. The molecule has 0 aromatic heterocycles. The van der Waals surface area contributed by atoms with Gasteiger partial charge in [0.15, 0.2) is 0 Å². The number of hydrogen-bond donors (Lipinski definition) is 0. The quantitative estimate of drug-likeness (QED) is 0.598. The molecular weight excluding hydrogens is 268 g/mol. The summed E-state index contributed by atoms with van der Waals surface area (Å²) in [5.41, 5.74) is 3.06. The average Bonchev–Trinajstić information content (AvgIpc) is 2.53. The Kier molecular flexibility index (Phi) is 4.16. The summed E-state index contributed by atoms with van der Waals surface area (Å²) >= 11 is 0. The van der Waals surface area contributed by atoms with E-state index in [1.807, 2.05) is 6.07 Å². The molecule has 1 heterocycles. The summed E-state index contributed by atoms with van der Waals surface area (Å²) in [5, 5.41) is 0. The van der Waals surface area contributed by atoms with E-state index in [0.29, 0.717) is 11.3 Å². The van der Waals surface area contributed by atoms with Crippen molar-refractivity contribution in [3.8, 4) is 5.75 Å². The zero-order valence-corrected chi connectivity index (χ0v) is 14.4. The minimum atomic E-state index is 0.451. The second-order valence-corrected chi connectivity index (χ2v) is 7.94. The van der Waals surface area contributed by atoms with E-state index in [1.54, 1.807) is 0 Å². The van der Waals surface area contributed by atoms with E-state index in [9.17, 15) is 0 Å². The number of benzene rings is 1. The number of ether oxygens (including phenoxy) is 1. The molecule has 0 saturated heterocycles. The lowest BCUT2D eigenvalue weighted by atomic mass is 9.68. The number of fused-ring (bicyclic) bond motifs is 1. The normalized spacial score (nSPS) is 27.1. The van der Waals surface area contributed by atoms with Crippen LogP contribution in [-0.2, 0) is 0 Å². The SMILES string of the molecule is CC(=C1C=Cc2ccccc2O1)C1CCC(C(C)(C)C)CC1. The van der Waals surface area contributed by atoms with Gasteiger partial charge in [-0.2, -0.15) is 0 Å². The Bertz CT molecular complexity index is 593. The number of para-hydroxylation sites is 1. The summed E-state index contributed by atoms with van der Waals surface area (Å²) in [4.78, 5) is 0. The molecule has 1 saturated carbocycles. The fraction of sp³-hybridized carbons (Fsp3) is 0.524. The number of hydrogen-bond acceptors (Lipinski definition) is 1. The molecule has 22 heavy (non-hydrogen) atoms. The molecule has 0 amide bonds. The molecule has 118 valence electrons. The van der Waals surface area contributed by atoms with Crippen LogP contribution in [0.15, 0.2) is 41.7 Å². The largest absolute Gasteiger partial charge is 0.457 e. The Morgan fingerprint density at radius 1 is 1.00 bits per heavy atom. The summed E-state index contributed by atoms with van der Waals surface area (Å²) in [6, 6.07) is 8.26. The third-order valence-corrected chi connectivity index (χ3v) is 5.51. The van der Waals surface area contributed by atoms with Crippen molar-refractivity contribution in [3.63, 3.8) is 0 Å². The van der Waals surface area contributed by atoms with E-state index in [2.05, 4.69) is 58.0 Å². The van der Waals surface area contributed by atoms with Crippen LogP contribution in [0, 0.1) is 17.3 Å². The van der Waals surface area contributed by atoms with Crippen molar-refractivity contribution in [3.05, 3.63) is 47.2 Å². The molecular formula is C21H28O. The average molecular weight is 296 g/mol. The maximum Gasteiger partial charge on any atom is 0.134 e. The van der Waals surface area contributed by atoms with Crippen LogP contribution in [0.25, 0.3) is 6.08 Å². The smallest absolute Gasteiger partial charge is 0.134 e. The highest BCUT2D eigenvalue weighted by molar-refractivity contribution is 5.63. The molecule has 1 heteroatoms. The third-order valence-electron chi connectivity index (χ3n) is 5.51. The van der Waals surface area contributed by atoms with Crippen LogP contribution in [0.1, 0.15) is 58.9 Å². The summed E-state index contributed by atoms with van der Waals surface area (Å²) in [6.45, 7) is 9.41. The van der Waals surface area contributed by atoms with Crippen molar-refractivity contribution in [1.29, 1.82) is 0 Å². The molecule has 0 N–H and O–H groups in total. The van der Waals surface area contributed by atoms with E-state index in [4.69, 9.17) is 4.74 Å². The van der Waals surface area contributed by atoms with Gasteiger partial charge in [-0.25, -0.2) is 0 Å². The van der Waals surface area contributed by atoms with Crippen molar-refractivity contribution in [1.82, 2.24) is 0 Å². The van der Waals surface area contributed by atoms with Crippen molar-refractivity contribution < 1.29 is 4.74 Å². The first-order valence-corrected chi connectivity index (χ1v) is 8.61. The van der Waals surface area contributed by atoms with E-state index < -0.39 is 0 Å². The summed E-state index contributed by atoms with van der Waals surface area (Å²) in [5.74, 6) is 3.61. The van der Waals surface area contributed by atoms with Gasteiger partial charge in [0.1, 0.15) is 11.5 Å². The molecule has 1 aliphatic heterocycles.